The molecular formula is C18H26OS. The number of hydrogen-bond donors (Lipinski definition) is 0. The number of carbonyl (C=O) groups is 1. The highest BCUT2D eigenvalue weighted by atomic mass is 32.1. The van der Waals surface area contributed by atoms with Gasteiger partial charge >= 0.3 is 0 Å². The first kappa shape index (κ1) is 14.3. The first-order chi connectivity index (χ1) is 9.79. The van der Waals surface area contributed by atoms with Crippen molar-refractivity contribution in [3.63, 3.8) is 0 Å². The normalized spacial score (nSPS) is 26.9. The van der Waals surface area contributed by atoms with Crippen LogP contribution in [0.15, 0.2) is 6.07 Å². The molecule has 1 aromatic rings. The van der Waals surface area contributed by atoms with E-state index in [1.54, 1.807) is 0 Å². The van der Waals surface area contributed by atoms with E-state index in [1.807, 2.05) is 11.3 Å². The van der Waals surface area contributed by atoms with Gasteiger partial charge in [0, 0.05) is 10.8 Å². The van der Waals surface area contributed by atoms with E-state index in [0.717, 1.165) is 11.3 Å². The van der Waals surface area contributed by atoms with Crippen LogP contribution in [0, 0.1) is 11.8 Å². The van der Waals surface area contributed by atoms with Gasteiger partial charge in [-0.3, -0.25) is 4.79 Å². The standard InChI is InChI=1S/C18H26OS/c1-2-13-8-6-7-10-15(13)18(19)17-12-14-9-4-3-5-11-16(14)20-17/h12-13,15H,2-11H2,1H3. The molecule has 2 atom stereocenters. The predicted molar refractivity (Wildman–Crippen MR) is 85.6 cm³/mol. The summed E-state index contributed by atoms with van der Waals surface area (Å²) in [5, 5.41) is 0. The third-order valence-electron chi connectivity index (χ3n) is 5.26. The van der Waals surface area contributed by atoms with Crippen molar-refractivity contribution in [2.75, 3.05) is 0 Å². The van der Waals surface area contributed by atoms with Crippen LogP contribution in [0.25, 0.3) is 0 Å². The quantitative estimate of drug-likeness (QED) is 0.537. The van der Waals surface area contributed by atoms with Crippen molar-refractivity contribution in [2.45, 2.75) is 71.1 Å². The van der Waals surface area contributed by atoms with Crippen LogP contribution in [0.2, 0.25) is 0 Å². The van der Waals surface area contributed by atoms with Crippen molar-refractivity contribution in [2.24, 2.45) is 11.8 Å². The molecule has 1 nitrogen and oxygen atoms in total. The number of thiophene rings is 1. The number of Topliss-reactive ketones (excluding diaryl/α,β-unsaturated/α-hetero) is 1. The monoisotopic (exact) mass is 290 g/mol. The highest BCUT2D eigenvalue weighted by Gasteiger charge is 2.31. The van der Waals surface area contributed by atoms with Crippen molar-refractivity contribution in [1.29, 1.82) is 0 Å². The van der Waals surface area contributed by atoms with E-state index >= 15 is 0 Å². The van der Waals surface area contributed by atoms with Crippen LogP contribution in [-0.4, -0.2) is 5.78 Å². The molecule has 1 heterocycles. The highest BCUT2D eigenvalue weighted by molar-refractivity contribution is 7.14. The third-order valence-corrected chi connectivity index (χ3v) is 6.51. The van der Waals surface area contributed by atoms with Gasteiger partial charge in [-0.25, -0.2) is 0 Å². The van der Waals surface area contributed by atoms with E-state index in [2.05, 4.69) is 13.0 Å². The van der Waals surface area contributed by atoms with Crippen LogP contribution >= 0.6 is 11.3 Å². The number of fused-ring (bicyclic) bond motifs is 1. The molecular weight excluding hydrogens is 264 g/mol. The van der Waals surface area contributed by atoms with Crippen LogP contribution in [0.3, 0.4) is 0 Å². The molecule has 1 fully saturated rings. The number of carbonyl (C=O) groups excluding carboxylic acids is 1. The molecule has 3 rings (SSSR count). The van der Waals surface area contributed by atoms with Gasteiger partial charge in [-0.15, -0.1) is 11.3 Å². The second-order valence-corrected chi connectivity index (χ2v) is 7.68. The zero-order valence-electron chi connectivity index (χ0n) is 12.6. The van der Waals surface area contributed by atoms with Crippen LogP contribution in [0.5, 0.6) is 0 Å². The Bertz CT molecular complexity index is 450. The first-order valence-electron chi connectivity index (χ1n) is 8.45. The van der Waals surface area contributed by atoms with E-state index in [4.69, 9.17) is 0 Å². The lowest BCUT2D eigenvalue weighted by Gasteiger charge is -2.29. The van der Waals surface area contributed by atoms with Gasteiger partial charge in [-0.2, -0.15) is 0 Å². The molecule has 2 aliphatic rings. The smallest absolute Gasteiger partial charge is 0.176 e. The first-order valence-corrected chi connectivity index (χ1v) is 9.27. The lowest BCUT2D eigenvalue weighted by atomic mass is 9.75. The fraction of sp³-hybridized carbons (Fsp3) is 0.722. The zero-order valence-corrected chi connectivity index (χ0v) is 13.4. The lowest BCUT2D eigenvalue weighted by Crippen LogP contribution is -2.26. The van der Waals surface area contributed by atoms with Gasteiger partial charge in [-0.05, 0) is 56.1 Å². The summed E-state index contributed by atoms with van der Waals surface area (Å²) in [7, 11) is 0. The Morgan fingerprint density at radius 3 is 2.80 bits per heavy atom. The van der Waals surface area contributed by atoms with Crippen LogP contribution in [0.4, 0.5) is 0 Å². The molecule has 2 heteroatoms. The lowest BCUT2D eigenvalue weighted by molar-refractivity contribution is 0.0824. The molecule has 0 N–H and O–H groups in total. The molecule has 0 aliphatic heterocycles. The van der Waals surface area contributed by atoms with Gasteiger partial charge in [0.1, 0.15) is 0 Å². The van der Waals surface area contributed by atoms with Crippen molar-refractivity contribution < 1.29 is 4.79 Å². The fourth-order valence-electron chi connectivity index (χ4n) is 4.01. The highest BCUT2D eigenvalue weighted by Crippen LogP contribution is 2.37. The number of hydrogen-bond acceptors (Lipinski definition) is 2. The Balaban J connectivity index is 1.79. The van der Waals surface area contributed by atoms with Crippen molar-refractivity contribution >= 4 is 17.1 Å². The summed E-state index contributed by atoms with van der Waals surface area (Å²) in [4.78, 5) is 15.5. The summed E-state index contributed by atoms with van der Waals surface area (Å²) in [5.41, 5.74) is 1.49. The van der Waals surface area contributed by atoms with Crippen LogP contribution in [-0.2, 0) is 12.8 Å². The van der Waals surface area contributed by atoms with Gasteiger partial charge in [0.2, 0.25) is 0 Å². The maximum atomic E-state index is 12.9. The molecule has 0 saturated heterocycles. The van der Waals surface area contributed by atoms with Gasteiger partial charge in [-0.1, -0.05) is 32.6 Å². The Morgan fingerprint density at radius 1 is 1.15 bits per heavy atom. The summed E-state index contributed by atoms with van der Waals surface area (Å²) in [6.07, 6.45) is 12.5. The van der Waals surface area contributed by atoms with Gasteiger partial charge in [0.15, 0.2) is 5.78 Å². The summed E-state index contributed by atoms with van der Waals surface area (Å²) in [6.45, 7) is 2.25. The van der Waals surface area contributed by atoms with Crippen molar-refractivity contribution in [3.05, 3.63) is 21.4 Å². The minimum atomic E-state index is 0.316. The van der Waals surface area contributed by atoms with Crippen LogP contribution in [0.1, 0.15) is 78.4 Å². The minimum Gasteiger partial charge on any atom is -0.293 e. The van der Waals surface area contributed by atoms with Crippen molar-refractivity contribution in [1.82, 2.24) is 0 Å². The predicted octanol–water partition coefficient (Wildman–Crippen LogP) is 5.42. The maximum Gasteiger partial charge on any atom is 0.176 e. The Hall–Kier alpha value is -0.630. The largest absolute Gasteiger partial charge is 0.293 e. The minimum absolute atomic E-state index is 0.316. The summed E-state index contributed by atoms with van der Waals surface area (Å²) in [6, 6.07) is 2.25. The Morgan fingerprint density at radius 2 is 1.95 bits per heavy atom. The van der Waals surface area contributed by atoms with E-state index in [0.29, 0.717) is 17.6 Å². The average molecular weight is 290 g/mol. The van der Waals surface area contributed by atoms with E-state index in [9.17, 15) is 4.79 Å². The second kappa shape index (κ2) is 6.43. The van der Waals surface area contributed by atoms with Gasteiger partial charge in [0.05, 0.1) is 4.88 Å². The molecule has 1 saturated carbocycles. The van der Waals surface area contributed by atoms with E-state index < -0.39 is 0 Å². The van der Waals surface area contributed by atoms with Crippen molar-refractivity contribution in [3.8, 4) is 0 Å². The molecule has 110 valence electrons. The summed E-state index contributed by atoms with van der Waals surface area (Å²) >= 11 is 1.81. The number of rotatable bonds is 3. The van der Waals surface area contributed by atoms with E-state index in [1.165, 1.54) is 68.2 Å². The SMILES string of the molecule is CCC1CCCCC1C(=O)c1cc2c(s1)CCCCC2. The molecule has 2 unspecified atom stereocenters. The zero-order chi connectivity index (χ0) is 13.9. The number of aryl methyl sites for hydroxylation is 2. The molecule has 0 aromatic carbocycles. The van der Waals surface area contributed by atoms with Gasteiger partial charge < -0.3 is 0 Å². The topological polar surface area (TPSA) is 17.1 Å². The fourth-order valence-corrected chi connectivity index (χ4v) is 5.27. The Kier molecular flexibility index (Phi) is 4.60. The maximum absolute atomic E-state index is 12.9. The van der Waals surface area contributed by atoms with Gasteiger partial charge in [0.25, 0.3) is 0 Å². The summed E-state index contributed by atoms with van der Waals surface area (Å²) < 4.78 is 0. The summed E-state index contributed by atoms with van der Waals surface area (Å²) in [5.74, 6) is 1.42. The molecule has 0 radical (unpaired) electrons. The second-order valence-electron chi connectivity index (χ2n) is 6.54. The average Bonchev–Trinajstić information content (AvgIpc) is 2.77. The molecule has 0 amide bonds. The third kappa shape index (κ3) is 2.86. The van der Waals surface area contributed by atoms with Crippen LogP contribution < -0.4 is 0 Å². The molecule has 20 heavy (non-hydrogen) atoms. The Labute approximate surface area is 126 Å². The molecule has 0 spiro atoms. The molecule has 0 bridgehead atoms. The number of ketones is 1. The molecule has 2 aliphatic carbocycles. The van der Waals surface area contributed by atoms with E-state index in [-0.39, 0.29) is 0 Å². The molecule has 1 aromatic heterocycles.